The molecule has 0 saturated carbocycles. The van der Waals surface area contributed by atoms with Crippen molar-refractivity contribution in [1.82, 2.24) is 14.7 Å². The van der Waals surface area contributed by atoms with E-state index in [1.807, 2.05) is 4.72 Å². The van der Waals surface area contributed by atoms with Gasteiger partial charge >= 0.3 is 12.2 Å². The van der Waals surface area contributed by atoms with Crippen LogP contribution in [0, 0.1) is 6.92 Å². The Labute approximate surface area is 150 Å². The van der Waals surface area contributed by atoms with Gasteiger partial charge in [0.05, 0.1) is 0 Å². The van der Waals surface area contributed by atoms with Crippen LogP contribution in [0.1, 0.15) is 5.69 Å². The number of hydrogen-bond acceptors (Lipinski definition) is 7. The fourth-order valence-electron chi connectivity index (χ4n) is 1.65. The summed E-state index contributed by atoms with van der Waals surface area (Å²) in [6, 6.07) is 2.89. The van der Waals surface area contributed by atoms with Gasteiger partial charge in [-0.05, 0) is 18.4 Å². The average Bonchev–Trinajstić information content (AvgIpc) is 3.06. The maximum Gasteiger partial charge on any atom is 0.422 e. The molecule has 0 aliphatic rings. The van der Waals surface area contributed by atoms with Crippen LogP contribution in [-0.2, 0) is 10.0 Å². The molecule has 0 bridgehead atoms. The molecule has 0 aliphatic carbocycles. The van der Waals surface area contributed by atoms with Crippen molar-refractivity contribution in [2.75, 3.05) is 18.6 Å². The SMILES string of the molecule is Cc1cc(OCC(F)(F)F)nc(N(C)C(=O)NS(=O)(=O)c2cccs2)n1. The standard InChI is InChI=1S/C13H13F3N4O4S2/c1-8-6-9(24-7-13(14,15)16)18-11(17-8)20(2)12(21)19-26(22,23)10-4-3-5-25-10/h3-6H,7H2,1-2H3,(H,19,21). The number of nitrogens with zero attached hydrogens (tertiary/aromatic N) is 3. The molecule has 0 aromatic carbocycles. The van der Waals surface area contributed by atoms with Gasteiger partial charge in [0, 0.05) is 18.8 Å². The first kappa shape index (κ1) is 19.9. The summed E-state index contributed by atoms with van der Waals surface area (Å²) in [7, 11) is -2.91. The van der Waals surface area contributed by atoms with Crippen molar-refractivity contribution in [2.45, 2.75) is 17.3 Å². The highest BCUT2D eigenvalue weighted by molar-refractivity contribution is 7.92. The number of rotatable bonds is 5. The van der Waals surface area contributed by atoms with Crippen LogP contribution in [-0.4, -0.2) is 44.2 Å². The number of sulfonamides is 1. The summed E-state index contributed by atoms with van der Waals surface area (Å²) in [5, 5.41) is 1.52. The van der Waals surface area contributed by atoms with E-state index in [-0.39, 0.29) is 15.9 Å². The molecular weight excluding hydrogens is 397 g/mol. The van der Waals surface area contributed by atoms with Crippen LogP contribution in [0.5, 0.6) is 5.88 Å². The van der Waals surface area contributed by atoms with Crippen molar-refractivity contribution in [3.05, 3.63) is 29.3 Å². The molecule has 13 heteroatoms. The number of urea groups is 1. The van der Waals surface area contributed by atoms with Crippen molar-refractivity contribution in [1.29, 1.82) is 0 Å². The number of amides is 2. The van der Waals surface area contributed by atoms with Gasteiger partial charge in [-0.1, -0.05) is 6.07 Å². The largest absolute Gasteiger partial charge is 0.468 e. The lowest BCUT2D eigenvalue weighted by atomic mass is 10.4. The van der Waals surface area contributed by atoms with Crippen LogP contribution in [0.3, 0.4) is 0 Å². The minimum absolute atomic E-state index is 0.0707. The Morgan fingerprint density at radius 1 is 1.38 bits per heavy atom. The number of hydrogen-bond donors (Lipinski definition) is 1. The summed E-state index contributed by atoms with van der Waals surface area (Å²) < 4.78 is 67.1. The Balaban J connectivity index is 2.16. The zero-order valence-electron chi connectivity index (χ0n) is 13.4. The van der Waals surface area contributed by atoms with Crippen molar-refractivity contribution >= 4 is 33.3 Å². The number of halogens is 3. The predicted molar refractivity (Wildman–Crippen MR) is 86.8 cm³/mol. The molecule has 2 rings (SSSR count). The molecule has 26 heavy (non-hydrogen) atoms. The second-order valence-electron chi connectivity index (χ2n) is 4.95. The highest BCUT2D eigenvalue weighted by Crippen LogP contribution is 2.20. The predicted octanol–water partition coefficient (Wildman–Crippen LogP) is 2.32. The van der Waals surface area contributed by atoms with Crippen molar-refractivity contribution in [3.8, 4) is 5.88 Å². The number of alkyl halides is 3. The molecule has 0 saturated heterocycles. The third kappa shape index (κ3) is 5.29. The van der Waals surface area contributed by atoms with E-state index < -0.39 is 34.7 Å². The van der Waals surface area contributed by atoms with E-state index in [2.05, 4.69) is 14.7 Å². The molecule has 2 aromatic heterocycles. The average molecular weight is 410 g/mol. The summed E-state index contributed by atoms with van der Waals surface area (Å²) in [6.45, 7) is -0.106. The highest BCUT2D eigenvalue weighted by atomic mass is 32.2. The van der Waals surface area contributed by atoms with Gasteiger partial charge in [0.15, 0.2) is 6.61 Å². The Hall–Kier alpha value is -2.41. The Kier molecular flexibility index (Phi) is 5.71. The number of aryl methyl sites for hydroxylation is 1. The number of thiophene rings is 1. The number of carbonyl (C=O) groups is 1. The fraction of sp³-hybridized carbons (Fsp3) is 0.308. The third-order valence-corrected chi connectivity index (χ3v) is 5.51. The molecule has 8 nitrogen and oxygen atoms in total. The minimum atomic E-state index is -4.56. The lowest BCUT2D eigenvalue weighted by Gasteiger charge is -2.17. The first-order chi connectivity index (χ1) is 12.0. The van der Waals surface area contributed by atoms with Gasteiger partial charge in [-0.2, -0.15) is 18.2 Å². The van der Waals surface area contributed by atoms with Gasteiger partial charge in [0.1, 0.15) is 4.21 Å². The van der Waals surface area contributed by atoms with E-state index in [1.165, 1.54) is 31.5 Å². The van der Waals surface area contributed by atoms with Gasteiger partial charge < -0.3 is 4.74 Å². The van der Waals surface area contributed by atoms with E-state index in [1.54, 1.807) is 0 Å². The Morgan fingerprint density at radius 3 is 2.65 bits per heavy atom. The monoisotopic (exact) mass is 410 g/mol. The smallest absolute Gasteiger partial charge is 0.422 e. The van der Waals surface area contributed by atoms with E-state index in [4.69, 9.17) is 0 Å². The van der Waals surface area contributed by atoms with Crippen molar-refractivity contribution < 1.29 is 31.1 Å². The van der Waals surface area contributed by atoms with Crippen molar-refractivity contribution in [2.24, 2.45) is 0 Å². The molecule has 0 aliphatic heterocycles. The lowest BCUT2D eigenvalue weighted by Crippen LogP contribution is -2.41. The molecule has 0 fully saturated rings. The van der Waals surface area contributed by atoms with E-state index >= 15 is 0 Å². The van der Waals surface area contributed by atoms with Gasteiger partial charge in [-0.25, -0.2) is 22.9 Å². The lowest BCUT2D eigenvalue weighted by molar-refractivity contribution is -0.154. The highest BCUT2D eigenvalue weighted by Gasteiger charge is 2.29. The third-order valence-electron chi connectivity index (χ3n) is 2.79. The molecule has 2 aromatic rings. The summed E-state index contributed by atoms with van der Waals surface area (Å²) in [4.78, 5) is 20.5. The summed E-state index contributed by atoms with van der Waals surface area (Å²) in [5.74, 6) is -0.716. The quantitative estimate of drug-likeness (QED) is 0.812. The number of nitrogens with one attached hydrogen (secondary N) is 1. The molecule has 142 valence electrons. The Bertz CT molecular complexity index is 885. The van der Waals surface area contributed by atoms with Gasteiger partial charge in [0.25, 0.3) is 10.0 Å². The molecular formula is C13H13F3N4O4S2. The molecule has 0 radical (unpaired) electrons. The molecule has 0 atom stereocenters. The Morgan fingerprint density at radius 2 is 2.08 bits per heavy atom. The number of aromatic nitrogens is 2. The second kappa shape index (κ2) is 7.45. The van der Waals surface area contributed by atoms with Crippen molar-refractivity contribution in [3.63, 3.8) is 0 Å². The van der Waals surface area contributed by atoms with E-state index in [0.717, 1.165) is 22.3 Å². The van der Waals surface area contributed by atoms with Crippen LogP contribution in [0.15, 0.2) is 27.8 Å². The molecule has 0 spiro atoms. The fourth-order valence-corrected chi connectivity index (χ4v) is 3.62. The summed E-state index contributed by atoms with van der Waals surface area (Å²) >= 11 is 0.914. The van der Waals surface area contributed by atoms with Gasteiger partial charge in [-0.15, -0.1) is 11.3 Å². The van der Waals surface area contributed by atoms with E-state index in [0.29, 0.717) is 0 Å². The van der Waals surface area contributed by atoms with Gasteiger partial charge in [-0.3, -0.25) is 4.90 Å². The number of carbonyl (C=O) groups excluding carboxylic acids is 1. The van der Waals surface area contributed by atoms with Crippen LogP contribution in [0.25, 0.3) is 0 Å². The first-order valence-electron chi connectivity index (χ1n) is 6.87. The molecule has 1 N–H and O–H groups in total. The normalized spacial score (nSPS) is 11.9. The van der Waals surface area contributed by atoms with E-state index in [9.17, 15) is 26.4 Å². The topological polar surface area (TPSA) is 101 Å². The summed E-state index contributed by atoms with van der Waals surface area (Å²) in [6.07, 6.45) is -4.56. The van der Waals surface area contributed by atoms with Gasteiger partial charge in [0.2, 0.25) is 11.8 Å². The molecule has 2 heterocycles. The summed E-state index contributed by atoms with van der Waals surface area (Å²) in [5.41, 5.74) is 0.230. The van der Waals surface area contributed by atoms with Crippen LogP contribution >= 0.6 is 11.3 Å². The number of anilines is 1. The maximum absolute atomic E-state index is 12.2. The second-order valence-corrected chi connectivity index (χ2v) is 7.81. The first-order valence-corrected chi connectivity index (χ1v) is 9.23. The minimum Gasteiger partial charge on any atom is -0.468 e. The van der Waals surface area contributed by atoms with Crippen LogP contribution < -0.4 is 14.4 Å². The zero-order valence-corrected chi connectivity index (χ0v) is 15.1. The van der Waals surface area contributed by atoms with Crippen LogP contribution in [0.4, 0.5) is 23.9 Å². The number of ether oxygens (including phenoxy) is 1. The van der Waals surface area contributed by atoms with Crippen LogP contribution in [0.2, 0.25) is 0 Å². The zero-order chi connectivity index (χ0) is 19.5. The molecule has 2 amide bonds. The molecule has 0 unspecified atom stereocenters. The maximum atomic E-state index is 12.2.